The fourth-order valence-electron chi connectivity index (χ4n) is 5.78. The lowest BCUT2D eigenvalue weighted by atomic mass is 9.84. The van der Waals surface area contributed by atoms with E-state index >= 15 is 8.78 Å². The molecule has 0 saturated carbocycles. The Labute approximate surface area is 213 Å². The number of halogens is 5. The van der Waals surface area contributed by atoms with Crippen LogP contribution in [0, 0.1) is 11.6 Å². The molecule has 3 atom stereocenters. The maximum Gasteiger partial charge on any atom is 0.401 e. The molecule has 1 saturated heterocycles. The number of alkyl halides is 3. The Balaban J connectivity index is 1.48. The molecule has 5 nitrogen and oxygen atoms in total. The molecular formula is C27H32F5N3O2. The highest BCUT2D eigenvalue weighted by Crippen LogP contribution is 2.46. The maximum atomic E-state index is 15.7. The topological polar surface area (TPSA) is 37.0 Å². The molecule has 1 fully saturated rings. The molecule has 0 aromatic heterocycles. The van der Waals surface area contributed by atoms with E-state index in [4.69, 9.17) is 9.47 Å². The predicted molar refractivity (Wildman–Crippen MR) is 130 cm³/mol. The van der Waals surface area contributed by atoms with Crippen molar-refractivity contribution in [3.63, 3.8) is 0 Å². The molecule has 10 heteroatoms. The molecule has 37 heavy (non-hydrogen) atoms. The third-order valence-electron chi connectivity index (χ3n) is 7.53. The zero-order valence-electron chi connectivity index (χ0n) is 21.0. The van der Waals surface area contributed by atoms with Gasteiger partial charge in [0, 0.05) is 36.4 Å². The van der Waals surface area contributed by atoms with E-state index < -0.39 is 42.0 Å². The van der Waals surface area contributed by atoms with Crippen LogP contribution >= 0.6 is 0 Å². The number of nitrogens with one attached hydrogen (secondary N) is 1. The van der Waals surface area contributed by atoms with Crippen molar-refractivity contribution in [2.75, 3.05) is 38.3 Å². The number of unbranched alkanes of at least 4 members (excludes halogenated alkanes) is 1. The Hall–Kier alpha value is -2.59. The Kier molecular flexibility index (Phi) is 7.24. The standard InChI is InChI=1S/C27H32F5N3O2/c1-3-4-6-34-7-5-18(13-34)33-19-10-21(28)25(22(29)11-19)26-20-12-24-23(36-15-37-24)9-17(20)8-16(2)35(26)14-27(30,31)32/h9-12,16,18,26,33H,3-8,13-15H2,1-2H3/t16-,18+,26+/m1/s1. The fraction of sp³-hybridized carbons (Fsp3) is 0.556. The molecule has 202 valence electrons. The molecule has 0 spiro atoms. The average Bonchev–Trinajstić information content (AvgIpc) is 3.46. The summed E-state index contributed by atoms with van der Waals surface area (Å²) in [6, 6.07) is 3.85. The van der Waals surface area contributed by atoms with Crippen molar-refractivity contribution in [3.8, 4) is 11.5 Å². The Morgan fingerprint density at radius 3 is 2.43 bits per heavy atom. The highest BCUT2D eigenvalue weighted by atomic mass is 19.4. The summed E-state index contributed by atoms with van der Waals surface area (Å²) in [7, 11) is 0. The summed E-state index contributed by atoms with van der Waals surface area (Å²) in [5, 5.41) is 3.22. The number of rotatable bonds is 7. The summed E-state index contributed by atoms with van der Waals surface area (Å²) in [5.74, 6) is -0.909. The van der Waals surface area contributed by atoms with Gasteiger partial charge in [-0.15, -0.1) is 0 Å². The van der Waals surface area contributed by atoms with E-state index in [2.05, 4.69) is 17.1 Å². The lowest BCUT2D eigenvalue weighted by molar-refractivity contribution is -0.155. The van der Waals surface area contributed by atoms with Crippen LogP contribution in [0.15, 0.2) is 24.3 Å². The van der Waals surface area contributed by atoms with Crippen molar-refractivity contribution in [3.05, 3.63) is 52.6 Å². The van der Waals surface area contributed by atoms with Crippen LogP contribution in [0.25, 0.3) is 0 Å². The SMILES string of the molecule is CCCCN1CC[C@H](Nc2cc(F)c([C@@H]3c4cc5c(cc4C[C@@H](C)N3CC(F)(F)F)OCO5)c(F)c2)C1. The van der Waals surface area contributed by atoms with Crippen LogP contribution in [-0.4, -0.2) is 61.0 Å². The van der Waals surface area contributed by atoms with Crippen LogP contribution in [0.1, 0.15) is 55.8 Å². The van der Waals surface area contributed by atoms with Gasteiger partial charge >= 0.3 is 6.18 Å². The van der Waals surface area contributed by atoms with Crippen molar-refractivity contribution in [2.24, 2.45) is 0 Å². The van der Waals surface area contributed by atoms with Crippen LogP contribution in [-0.2, 0) is 6.42 Å². The number of anilines is 1. The predicted octanol–water partition coefficient (Wildman–Crippen LogP) is 5.88. The molecule has 2 aromatic rings. The molecule has 5 rings (SSSR count). The van der Waals surface area contributed by atoms with E-state index in [1.165, 1.54) is 12.1 Å². The molecular weight excluding hydrogens is 493 g/mol. The van der Waals surface area contributed by atoms with E-state index in [9.17, 15) is 13.2 Å². The quantitative estimate of drug-likeness (QED) is 0.457. The molecule has 3 heterocycles. The molecule has 0 aliphatic carbocycles. The van der Waals surface area contributed by atoms with Crippen LogP contribution in [0.2, 0.25) is 0 Å². The summed E-state index contributed by atoms with van der Waals surface area (Å²) in [5.41, 5.74) is 0.988. The second-order valence-electron chi connectivity index (χ2n) is 10.3. The monoisotopic (exact) mass is 525 g/mol. The van der Waals surface area contributed by atoms with E-state index in [-0.39, 0.29) is 19.3 Å². The normalized spacial score (nSPS) is 23.9. The lowest BCUT2D eigenvalue weighted by Crippen LogP contribution is -2.47. The Morgan fingerprint density at radius 1 is 1.05 bits per heavy atom. The molecule has 1 N–H and O–H groups in total. The van der Waals surface area contributed by atoms with Gasteiger partial charge in [0.1, 0.15) is 11.6 Å². The smallest absolute Gasteiger partial charge is 0.401 e. The third-order valence-corrected chi connectivity index (χ3v) is 7.53. The number of ether oxygens (including phenoxy) is 2. The van der Waals surface area contributed by atoms with Crippen molar-refractivity contribution in [1.82, 2.24) is 9.80 Å². The number of hydrogen-bond donors (Lipinski definition) is 1. The number of nitrogens with zero attached hydrogens (tertiary/aromatic N) is 2. The van der Waals surface area contributed by atoms with Crippen LogP contribution < -0.4 is 14.8 Å². The molecule has 2 aromatic carbocycles. The van der Waals surface area contributed by atoms with Crippen molar-refractivity contribution >= 4 is 5.69 Å². The van der Waals surface area contributed by atoms with Gasteiger partial charge in [0.25, 0.3) is 0 Å². The zero-order chi connectivity index (χ0) is 26.3. The fourth-order valence-corrected chi connectivity index (χ4v) is 5.78. The molecule has 0 unspecified atom stereocenters. The molecule has 0 radical (unpaired) electrons. The number of benzene rings is 2. The molecule has 3 aliphatic heterocycles. The Morgan fingerprint density at radius 2 is 1.76 bits per heavy atom. The molecule has 0 bridgehead atoms. The number of hydrogen-bond acceptors (Lipinski definition) is 5. The lowest BCUT2D eigenvalue weighted by Gasteiger charge is -2.42. The highest BCUT2D eigenvalue weighted by molar-refractivity contribution is 5.55. The zero-order valence-corrected chi connectivity index (χ0v) is 21.0. The van der Waals surface area contributed by atoms with E-state index in [0.717, 1.165) is 43.8 Å². The van der Waals surface area contributed by atoms with Crippen LogP contribution in [0.3, 0.4) is 0 Å². The van der Waals surface area contributed by atoms with Crippen molar-refractivity contribution < 1.29 is 31.4 Å². The van der Waals surface area contributed by atoms with Gasteiger partial charge in [0.2, 0.25) is 6.79 Å². The summed E-state index contributed by atoms with van der Waals surface area (Å²) >= 11 is 0. The van der Waals surface area contributed by atoms with E-state index in [0.29, 0.717) is 28.3 Å². The first-order chi connectivity index (χ1) is 17.6. The first-order valence-corrected chi connectivity index (χ1v) is 12.9. The molecule has 3 aliphatic rings. The van der Waals surface area contributed by atoms with Gasteiger partial charge in [-0.3, -0.25) is 4.90 Å². The minimum atomic E-state index is -4.54. The van der Waals surface area contributed by atoms with Gasteiger partial charge in [-0.2, -0.15) is 13.2 Å². The van der Waals surface area contributed by atoms with Gasteiger partial charge in [0.15, 0.2) is 11.5 Å². The number of likely N-dealkylation sites (tertiary alicyclic amines) is 1. The van der Waals surface area contributed by atoms with Gasteiger partial charge in [-0.25, -0.2) is 8.78 Å². The molecule has 0 amide bonds. The van der Waals surface area contributed by atoms with Gasteiger partial charge < -0.3 is 19.7 Å². The second kappa shape index (κ2) is 10.3. The number of fused-ring (bicyclic) bond motifs is 2. The summed E-state index contributed by atoms with van der Waals surface area (Å²) in [4.78, 5) is 3.45. The van der Waals surface area contributed by atoms with Crippen molar-refractivity contribution in [2.45, 2.75) is 63.8 Å². The maximum absolute atomic E-state index is 15.7. The minimum absolute atomic E-state index is 0.00909. The third kappa shape index (κ3) is 5.50. The van der Waals surface area contributed by atoms with Crippen LogP contribution in [0.5, 0.6) is 11.5 Å². The summed E-state index contributed by atoms with van der Waals surface area (Å²) in [6.45, 7) is 5.16. The van der Waals surface area contributed by atoms with Gasteiger partial charge in [-0.1, -0.05) is 13.3 Å². The first-order valence-electron chi connectivity index (χ1n) is 12.9. The second-order valence-corrected chi connectivity index (χ2v) is 10.3. The summed E-state index contributed by atoms with van der Waals surface area (Å²) < 4.78 is 83.0. The largest absolute Gasteiger partial charge is 0.454 e. The average molecular weight is 526 g/mol. The van der Waals surface area contributed by atoms with E-state index in [1.54, 1.807) is 19.1 Å². The Bertz CT molecular complexity index is 1120. The summed E-state index contributed by atoms with van der Waals surface area (Å²) in [6.07, 6.45) is -1.20. The highest BCUT2D eigenvalue weighted by Gasteiger charge is 2.43. The van der Waals surface area contributed by atoms with Crippen molar-refractivity contribution in [1.29, 1.82) is 0 Å². The van der Waals surface area contributed by atoms with Gasteiger partial charge in [-0.05, 0) is 68.1 Å². The first kappa shape index (κ1) is 26.0. The minimum Gasteiger partial charge on any atom is -0.454 e. The van der Waals surface area contributed by atoms with Gasteiger partial charge in [0.05, 0.1) is 12.6 Å². The van der Waals surface area contributed by atoms with E-state index in [1.807, 2.05) is 0 Å². The van der Waals surface area contributed by atoms with Crippen LogP contribution in [0.4, 0.5) is 27.6 Å².